The zero-order valence-corrected chi connectivity index (χ0v) is 21.8. The molecule has 5 atom stereocenters. The van der Waals surface area contributed by atoms with E-state index >= 15 is 0 Å². The van der Waals surface area contributed by atoms with Crippen LogP contribution in [0.5, 0.6) is 11.5 Å². The van der Waals surface area contributed by atoms with E-state index in [2.05, 4.69) is 0 Å². The minimum Gasteiger partial charge on any atom is -0.507 e. The standard InChI is InChI=1S/C30H26O10/c1-29(2)38-26-28(40-29)37-25(30(26,3)39-27(36)14-9-5-4-6-10-14)24(35)17-13-18(31)19-20(23(17)34)22(33)16-12-8-7-11-15(16)21(19)32/h4-13,24-26,28,31,34-35H,1-3H3. The summed E-state index contributed by atoms with van der Waals surface area (Å²) >= 11 is 0. The van der Waals surface area contributed by atoms with Crippen molar-refractivity contribution in [2.45, 2.75) is 56.8 Å². The van der Waals surface area contributed by atoms with Crippen molar-refractivity contribution in [2.24, 2.45) is 0 Å². The number of ketones is 2. The largest absolute Gasteiger partial charge is 0.507 e. The average Bonchev–Trinajstić information content (AvgIpc) is 3.38. The van der Waals surface area contributed by atoms with Gasteiger partial charge in [-0.3, -0.25) is 9.59 Å². The molecule has 0 saturated carbocycles. The molecule has 40 heavy (non-hydrogen) atoms. The maximum Gasteiger partial charge on any atom is 0.338 e. The lowest BCUT2D eigenvalue weighted by molar-refractivity contribution is -0.240. The number of carbonyl (C=O) groups excluding carboxylic acids is 3. The van der Waals surface area contributed by atoms with E-state index in [1.165, 1.54) is 19.1 Å². The van der Waals surface area contributed by atoms with Crippen molar-refractivity contribution in [1.82, 2.24) is 0 Å². The Kier molecular flexibility index (Phi) is 5.86. The van der Waals surface area contributed by atoms with Crippen molar-refractivity contribution in [3.63, 3.8) is 0 Å². The molecule has 0 bridgehead atoms. The van der Waals surface area contributed by atoms with Gasteiger partial charge in [-0.25, -0.2) is 4.79 Å². The van der Waals surface area contributed by atoms with Crippen molar-refractivity contribution in [2.75, 3.05) is 0 Å². The molecule has 0 spiro atoms. The summed E-state index contributed by atoms with van der Waals surface area (Å²) in [6.07, 6.45) is -5.16. The fourth-order valence-electron chi connectivity index (χ4n) is 5.66. The second kappa shape index (κ2) is 8.97. The number of aliphatic hydroxyl groups excluding tert-OH is 1. The molecule has 3 aromatic carbocycles. The molecule has 3 aromatic rings. The Morgan fingerprint density at radius 2 is 1.50 bits per heavy atom. The summed E-state index contributed by atoms with van der Waals surface area (Å²) in [5.41, 5.74) is -2.38. The number of hydrogen-bond donors (Lipinski definition) is 3. The molecule has 2 saturated heterocycles. The van der Waals surface area contributed by atoms with E-state index in [1.54, 1.807) is 56.3 Å². The number of benzene rings is 3. The maximum absolute atomic E-state index is 13.3. The van der Waals surface area contributed by atoms with E-state index < -0.39 is 70.6 Å². The number of phenolic OH excluding ortho intramolecular Hbond substituents is 2. The molecule has 5 unspecified atom stereocenters. The number of rotatable bonds is 4. The van der Waals surface area contributed by atoms with Crippen LogP contribution >= 0.6 is 0 Å². The Labute approximate surface area is 228 Å². The molecule has 1 aliphatic carbocycles. The molecule has 3 aliphatic rings. The molecule has 10 nitrogen and oxygen atoms in total. The molecule has 206 valence electrons. The molecule has 0 radical (unpaired) electrons. The van der Waals surface area contributed by atoms with Gasteiger partial charge in [0.1, 0.15) is 23.7 Å². The summed E-state index contributed by atoms with van der Waals surface area (Å²) < 4.78 is 23.8. The van der Waals surface area contributed by atoms with E-state index in [1.807, 2.05) is 0 Å². The average molecular weight is 547 g/mol. The Bertz CT molecular complexity index is 1560. The number of phenols is 2. The van der Waals surface area contributed by atoms with Crippen molar-refractivity contribution >= 4 is 17.5 Å². The van der Waals surface area contributed by atoms with E-state index in [0.29, 0.717) is 0 Å². The highest BCUT2D eigenvalue weighted by Crippen LogP contribution is 2.51. The monoisotopic (exact) mass is 546 g/mol. The first-order valence-corrected chi connectivity index (χ1v) is 12.7. The first-order chi connectivity index (χ1) is 18.9. The molecule has 10 heteroatoms. The second-order valence-electron chi connectivity index (χ2n) is 10.7. The lowest BCUT2D eigenvalue weighted by Crippen LogP contribution is -2.52. The van der Waals surface area contributed by atoms with Gasteiger partial charge in [0.15, 0.2) is 35.3 Å². The van der Waals surface area contributed by atoms with Crippen molar-refractivity contribution in [1.29, 1.82) is 0 Å². The first-order valence-electron chi connectivity index (χ1n) is 12.7. The van der Waals surface area contributed by atoms with E-state index in [4.69, 9.17) is 18.9 Å². The molecule has 0 amide bonds. The zero-order chi connectivity index (χ0) is 28.6. The minimum absolute atomic E-state index is 0.0543. The van der Waals surface area contributed by atoms with Crippen molar-refractivity contribution in [3.05, 3.63) is 94.0 Å². The van der Waals surface area contributed by atoms with Crippen LogP contribution in [0, 0.1) is 0 Å². The second-order valence-corrected chi connectivity index (χ2v) is 10.7. The number of aromatic hydroxyl groups is 2. The van der Waals surface area contributed by atoms with Crippen LogP contribution in [-0.4, -0.2) is 62.7 Å². The lowest BCUT2D eigenvalue weighted by Gasteiger charge is -2.37. The Balaban J connectivity index is 1.42. The van der Waals surface area contributed by atoms with Crippen LogP contribution in [0.25, 0.3) is 0 Å². The number of aliphatic hydroxyl groups is 1. The highest BCUT2D eigenvalue weighted by molar-refractivity contribution is 6.30. The van der Waals surface area contributed by atoms with Gasteiger partial charge in [0, 0.05) is 16.7 Å². The fourth-order valence-corrected chi connectivity index (χ4v) is 5.66. The van der Waals surface area contributed by atoms with E-state index in [9.17, 15) is 29.7 Å². The van der Waals surface area contributed by atoms with Crippen LogP contribution in [-0.2, 0) is 18.9 Å². The van der Waals surface area contributed by atoms with Gasteiger partial charge in [-0.2, -0.15) is 0 Å². The molecule has 0 aromatic heterocycles. The topological polar surface area (TPSA) is 149 Å². The third-order valence-electron chi connectivity index (χ3n) is 7.58. The molecule has 3 N–H and O–H groups in total. The Morgan fingerprint density at radius 3 is 2.15 bits per heavy atom. The Morgan fingerprint density at radius 1 is 0.900 bits per heavy atom. The van der Waals surface area contributed by atoms with Gasteiger partial charge in [0.25, 0.3) is 0 Å². The van der Waals surface area contributed by atoms with Gasteiger partial charge < -0.3 is 34.3 Å². The molecule has 2 heterocycles. The predicted octanol–water partition coefficient (Wildman–Crippen LogP) is 3.40. The number of esters is 1. The third kappa shape index (κ3) is 3.83. The molecule has 2 aliphatic heterocycles. The Hall–Kier alpha value is -4.09. The van der Waals surface area contributed by atoms with Crippen LogP contribution in [0.15, 0.2) is 60.7 Å². The maximum atomic E-state index is 13.3. The summed E-state index contributed by atoms with van der Waals surface area (Å²) in [4.78, 5) is 39.6. The normalized spacial score (nSPS) is 27.1. The van der Waals surface area contributed by atoms with E-state index in [-0.39, 0.29) is 27.8 Å². The van der Waals surface area contributed by atoms with Crippen LogP contribution in [0.1, 0.15) is 74.6 Å². The lowest BCUT2D eigenvalue weighted by atomic mass is 9.80. The highest BCUT2D eigenvalue weighted by atomic mass is 16.8. The van der Waals surface area contributed by atoms with Crippen LogP contribution in [0.3, 0.4) is 0 Å². The number of ether oxygens (including phenoxy) is 4. The third-order valence-corrected chi connectivity index (χ3v) is 7.58. The molecule has 6 rings (SSSR count). The first kappa shape index (κ1) is 26.1. The van der Waals surface area contributed by atoms with Crippen LogP contribution in [0.4, 0.5) is 0 Å². The SMILES string of the molecule is CC1(C)OC2OC(C(O)c3cc(O)c4c(c3O)C(=O)c3ccccc3C4=O)C(C)(OC(=O)c3ccccc3)C2O1. The molecule has 2 fully saturated rings. The van der Waals surface area contributed by atoms with Gasteiger partial charge in [-0.05, 0) is 39.0 Å². The quantitative estimate of drug-likeness (QED) is 0.257. The molecular formula is C30H26O10. The van der Waals surface area contributed by atoms with Gasteiger partial charge in [-0.15, -0.1) is 0 Å². The van der Waals surface area contributed by atoms with E-state index in [0.717, 1.165) is 6.07 Å². The smallest absolute Gasteiger partial charge is 0.338 e. The highest BCUT2D eigenvalue weighted by Gasteiger charge is 2.65. The number of carbonyl (C=O) groups is 3. The number of hydrogen-bond acceptors (Lipinski definition) is 10. The summed E-state index contributed by atoms with van der Waals surface area (Å²) in [6, 6.07) is 15.3. The van der Waals surface area contributed by atoms with Crippen molar-refractivity contribution < 1.29 is 48.7 Å². The summed E-state index contributed by atoms with van der Waals surface area (Å²) in [5.74, 6) is -4.44. The minimum atomic E-state index is -1.76. The summed E-state index contributed by atoms with van der Waals surface area (Å²) in [7, 11) is 0. The van der Waals surface area contributed by atoms with Crippen molar-refractivity contribution in [3.8, 4) is 11.5 Å². The number of fused-ring (bicyclic) bond motifs is 3. The summed E-state index contributed by atoms with van der Waals surface area (Å²) in [5, 5.41) is 33.7. The van der Waals surface area contributed by atoms with Gasteiger partial charge in [-0.1, -0.05) is 42.5 Å². The fraction of sp³-hybridized carbons (Fsp3) is 0.300. The van der Waals surface area contributed by atoms with Gasteiger partial charge >= 0.3 is 5.97 Å². The molecular weight excluding hydrogens is 520 g/mol. The van der Waals surface area contributed by atoms with Crippen LogP contribution < -0.4 is 0 Å². The predicted molar refractivity (Wildman–Crippen MR) is 137 cm³/mol. The van der Waals surface area contributed by atoms with Gasteiger partial charge in [0.05, 0.1) is 16.7 Å². The van der Waals surface area contributed by atoms with Crippen LogP contribution in [0.2, 0.25) is 0 Å². The zero-order valence-electron chi connectivity index (χ0n) is 21.8. The van der Waals surface area contributed by atoms with Gasteiger partial charge in [0.2, 0.25) is 0 Å². The summed E-state index contributed by atoms with van der Waals surface area (Å²) in [6.45, 7) is 4.83.